The molecule has 1 amide bonds. The largest absolute Gasteiger partial charge is 0.466 e. The maximum atomic E-state index is 11.6. The SMILES string of the molecule is CCOC(=O)CCCCCC(=O)Nc1ccccc1. The first-order valence-electron chi connectivity index (χ1n) is 6.73. The van der Waals surface area contributed by atoms with Crippen LogP contribution < -0.4 is 5.32 Å². The Labute approximate surface area is 114 Å². The summed E-state index contributed by atoms with van der Waals surface area (Å²) in [5.41, 5.74) is 0.819. The predicted octanol–water partition coefficient (Wildman–Crippen LogP) is 3.14. The van der Waals surface area contributed by atoms with Crippen LogP contribution in [0.3, 0.4) is 0 Å². The Morgan fingerprint density at radius 2 is 1.74 bits per heavy atom. The third-order valence-corrected chi connectivity index (χ3v) is 2.65. The molecule has 1 rings (SSSR count). The van der Waals surface area contributed by atoms with Crippen molar-refractivity contribution in [2.75, 3.05) is 11.9 Å². The number of hydrogen-bond donors (Lipinski definition) is 1. The second kappa shape index (κ2) is 9.14. The Kier molecular flexibility index (Phi) is 7.32. The number of rotatable bonds is 8. The highest BCUT2D eigenvalue weighted by atomic mass is 16.5. The summed E-state index contributed by atoms with van der Waals surface area (Å²) in [4.78, 5) is 22.7. The molecule has 0 aliphatic carbocycles. The second-order valence-corrected chi connectivity index (χ2v) is 4.28. The van der Waals surface area contributed by atoms with E-state index >= 15 is 0 Å². The number of esters is 1. The molecule has 1 aromatic rings. The zero-order valence-corrected chi connectivity index (χ0v) is 11.4. The van der Waals surface area contributed by atoms with Crippen LogP contribution >= 0.6 is 0 Å². The summed E-state index contributed by atoms with van der Waals surface area (Å²) < 4.78 is 4.83. The fourth-order valence-electron chi connectivity index (χ4n) is 1.71. The van der Waals surface area contributed by atoms with E-state index in [0.29, 0.717) is 19.4 Å². The quantitative estimate of drug-likeness (QED) is 0.579. The van der Waals surface area contributed by atoms with Crippen molar-refractivity contribution < 1.29 is 14.3 Å². The van der Waals surface area contributed by atoms with E-state index < -0.39 is 0 Å². The molecule has 0 saturated carbocycles. The summed E-state index contributed by atoms with van der Waals surface area (Å²) in [6.45, 7) is 2.23. The molecular weight excluding hydrogens is 242 g/mol. The maximum absolute atomic E-state index is 11.6. The van der Waals surface area contributed by atoms with Crippen LogP contribution in [0.25, 0.3) is 0 Å². The van der Waals surface area contributed by atoms with Gasteiger partial charge in [0.1, 0.15) is 0 Å². The molecule has 4 heteroatoms. The number of nitrogens with one attached hydrogen (secondary N) is 1. The summed E-state index contributed by atoms with van der Waals surface area (Å²) in [5, 5.41) is 2.83. The van der Waals surface area contributed by atoms with Crippen LogP contribution in [-0.2, 0) is 14.3 Å². The Hall–Kier alpha value is -1.84. The van der Waals surface area contributed by atoms with E-state index in [1.165, 1.54) is 0 Å². The molecule has 0 radical (unpaired) electrons. The fourth-order valence-corrected chi connectivity index (χ4v) is 1.71. The van der Waals surface area contributed by atoms with Gasteiger partial charge in [-0.1, -0.05) is 24.6 Å². The number of para-hydroxylation sites is 1. The van der Waals surface area contributed by atoms with Gasteiger partial charge in [0.2, 0.25) is 5.91 Å². The van der Waals surface area contributed by atoms with Crippen LogP contribution in [0.1, 0.15) is 39.0 Å². The molecule has 0 heterocycles. The van der Waals surface area contributed by atoms with E-state index in [1.807, 2.05) is 30.3 Å². The zero-order chi connectivity index (χ0) is 13.9. The van der Waals surface area contributed by atoms with Crippen LogP contribution in [-0.4, -0.2) is 18.5 Å². The number of ether oxygens (including phenoxy) is 1. The van der Waals surface area contributed by atoms with E-state index in [-0.39, 0.29) is 11.9 Å². The van der Waals surface area contributed by atoms with Gasteiger partial charge in [-0.05, 0) is 31.9 Å². The summed E-state index contributed by atoms with van der Waals surface area (Å²) in [5.74, 6) is -0.140. The highest BCUT2D eigenvalue weighted by Crippen LogP contribution is 2.08. The number of anilines is 1. The van der Waals surface area contributed by atoms with Gasteiger partial charge in [0.05, 0.1) is 6.61 Å². The van der Waals surface area contributed by atoms with Gasteiger partial charge < -0.3 is 10.1 Å². The van der Waals surface area contributed by atoms with Crippen LogP contribution in [0.15, 0.2) is 30.3 Å². The van der Waals surface area contributed by atoms with Crippen molar-refractivity contribution in [3.8, 4) is 0 Å². The molecule has 0 aliphatic rings. The first kappa shape index (κ1) is 15.2. The summed E-state index contributed by atoms with van der Waals surface area (Å²) in [6, 6.07) is 9.40. The zero-order valence-electron chi connectivity index (χ0n) is 11.4. The number of carbonyl (C=O) groups is 2. The number of hydrogen-bond acceptors (Lipinski definition) is 3. The van der Waals surface area contributed by atoms with Gasteiger partial charge in [-0.2, -0.15) is 0 Å². The van der Waals surface area contributed by atoms with Crippen molar-refractivity contribution in [2.24, 2.45) is 0 Å². The lowest BCUT2D eigenvalue weighted by Gasteiger charge is -2.05. The van der Waals surface area contributed by atoms with Gasteiger partial charge in [0.15, 0.2) is 0 Å². The van der Waals surface area contributed by atoms with Crippen molar-refractivity contribution in [1.82, 2.24) is 0 Å². The average Bonchev–Trinajstić information content (AvgIpc) is 2.40. The third-order valence-electron chi connectivity index (χ3n) is 2.65. The standard InChI is InChI=1S/C15H21NO3/c1-2-19-15(18)12-8-4-7-11-14(17)16-13-9-5-3-6-10-13/h3,5-6,9-10H,2,4,7-8,11-12H2,1H3,(H,16,17). The Morgan fingerprint density at radius 3 is 2.42 bits per heavy atom. The van der Waals surface area contributed by atoms with Crippen LogP contribution in [0.2, 0.25) is 0 Å². The molecule has 104 valence electrons. The molecule has 0 saturated heterocycles. The summed E-state index contributed by atoms with van der Waals surface area (Å²) in [6.07, 6.45) is 3.35. The first-order chi connectivity index (χ1) is 9.22. The molecule has 0 aromatic heterocycles. The van der Waals surface area contributed by atoms with Crippen molar-refractivity contribution in [1.29, 1.82) is 0 Å². The highest BCUT2D eigenvalue weighted by molar-refractivity contribution is 5.90. The minimum absolute atomic E-state index is 0.0161. The second-order valence-electron chi connectivity index (χ2n) is 4.28. The number of benzene rings is 1. The van der Waals surface area contributed by atoms with E-state index in [4.69, 9.17) is 4.74 Å². The molecule has 0 fully saturated rings. The van der Waals surface area contributed by atoms with Gasteiger partial charge in [0.25, 0.3) is 0 Å². The lowest BCUT2D eigenvalue weighted by Crippen LogP contribution is -2.11. The molecule has 1 aromatic carbocycles. The molecular formula is C15H21NO3. The molecule has 4 nitrogen and oxygen atoms in total. The molecule has 0 spiro atoms. The molecule has 0 atom stereocenters. The van der Waals surface area contributed by atoms with Crippen molar-refractivity contribution in [3.05, 3.63) is 30.3 Å². The van der Waals surface area contributed by atoms with Gasteiger partial charge in [0, 0.05) is 18.5 Å². The third kappa shape index (κ3) is 7.24. The first-order valence-corrected chi connectivity index (χ1v) is 6.73. The average molecular weight is 263 g/mol. The molecule has 0 bridgehead atoms. The number of amides is 1. The molecule has 19 heavy (non-hydrogen) atoms. The summed E-state index contributed by atoms with van der Waals surface area (Å²) >= 11 is 0. The normalized spacial score (nSPS) is 9.95. The van der Waals surface area contributed by atoms with Gasteiger partial charge in [-0.3, -0.25) is 9.59 Å². The van der Waals surface area contributed by atoms with E-state index in [9.17, 15) is 9.59 Å². The van der Waals surface area contributed by atoms with Crippen LogP contribution in [0.4, 0.5) is 5.69 Å². The molecule has 0 aliphatic heterocycles. The lowest BCUT2D eigenvalue weighted by molar-refractivity contribution is -0.143. The van der Waals surface area contributed by atoms with Crippen molar-refractivity contribution in [2.45, 2.75) is 39.0 Å². The predicted molar refractivity (Wildman–Crippen MR) is 74.8 cm³/mol. The Morgan fingerprint density at radius 1 is 1.05 bits per heavy atom. The Balaban J connectivity index is 2.06. The number of carbonyl (C=O) groups excluding carboxylic acids is 2. The van der Waals surface area contributed by atoms with Crippen LogP contribution in [0.5, 0.6) is 0 Å². The van der Waals surface area contributed by atoms with Crippen molar-refractivity contribution in [3.63, 3.8) is 0 Å². The minimum Gasteiger partial charge on any atom is -0.466 e. The fraction of sp³-hybridized carbons (Fsp3) is 0.467. The monoisotopic (exact) mass is 263 g/mol. The lowest BCUT2D eigenvalue weighted by atomic mass is 10.1. The van der Waals surface area contributed by atoms with Gasteiger partial charge in [-0.25, -0.2) is 0 Å². The van der Waals surface area contributed by atoms with Crippen molar-refractivity contribution >= 4 is 17.6 Å². The van der Waals surface area contributed by atoms with E-state index in [2.05, 4.69) is 5.32 Å². The van der Waals surface area contributed by atoms with E-state index in [1.54, 1.807) is 6.92 Å². The maximum Gasteiger partial charge on any atom is 0.305 e. The topological polar surface area (TPSA) is 55.4 Å². The van der Waals surface area contributed by atoms with E-state index in [0.717, 1.165) is 24.9 Å². The highest BCUT2D eigenvalue weighted by Gasteiger charge is 2.04. The smallest absolute Gasteiger partial charge is 0.305 e. The Bertz CT molecular complexity index is 390. The van der Waals surface area contributed by atoms with Crippen LogP contribution in [0, 0.1) is 0 Å². The summed E-state index contributed by atoms with van der Waals surface area (Å²) in [7, 11) is 0. The molecule has 0 unspecified atom stereocenters. The van der Waals surface area contributed by atoms with Gasteiger partial charge in [-0.15, -0.1) is 0 Å². The number of unbranched alkanes of at least 4 members (excludes halogenated alkanes) is 2. The minimum atomic E-state index is -0.156. The molecule has 1 N–H and O–H groups in total. The van der Waals surface area contributed by atoms with Gasteiger partial charge >= 0.3 is 5.97 Å².